The van der Waals surface area contributed by atoms with E-state index in [-0.39, 0.29) is 6.61 Å². The highest BCUT2D eigenvalue weighted by molar-refractivity contribution is 6.32. The van der Waals surface area contributed by atoms with Crippen LogP contribution in [0.3, 0.4) is 0 Å². The van der Waals surface area contributed by atoms with E-state index in [9.17, 15) is 4.79 Å². The van der Waals surface area contributed by atoms with Crippen LogP contribution in [-0.2, 0) is 11.3 Å². The van der Waals surface area contributed by atoms with Crippen molar-refractivity contribution in [3.8, 4) is 23.0 Å². The fourth-order valence-corrected chi connectivity index (χ4v) is 2.69. The smallest absolute Gasteiger partial charge is 0.338 e. The number of carbonyl (C=O) groups is 1. The second-order valence-corrected chi connectivity index (χ2v) is 5.69. The molecule has 0 aliphatic carbocycles. The van der Waals surface area contributed by atoms with Crippen LogP contribution in [0.15, 0.2) is 30.3 Å². The lowest BCUT2D eigenvalue weighted by molar-refractivity contribution is 0.0471. The molecule has 0 fully saturated rings. The zero-order valence-electron chi connectivity index (χ0n) is 13.8. The molecule has 0 spiro atoms. The minimum absolute atomic E-state index is 0.0503. The molecule has 0 radical (unpaired) electrons. The van der Waals surface area contributed by atoms with Crippen molar-refractivity contribution in [1.82, 2.24) is 0 Å². The van der Waals surface area contributed by atoms with Gasteiger partial charge < -0.3 is 23.7 Å². The van der Waals surface area contributed by atoms with E-state index in [1.54, 1.807) is 30.3 Å². The molecular formula is C18H17ClO6. The summed E-state index contributed by atoms with van der Waals surface area (Å²) in [4.78, 5) is 12.3. The molecule has 6 nitrogen and oxygen atoms in total. The molecule has 0 N–H and O–H groups in total. The molecule has 0 aromatic heterocycles. The van der Waals surface area contributed by atoms with Gasteiger partial charge in [0.05, 0.1) is 24.8 Å². The Balaban J connectivity index is 1.73. The number of methoxy groups -OCH3 is 2. The van der Waals surface area contributed by atoms with Crippen molar-refractivity contribution in [2.75, 3.05) is 27.4 Å². The first-order chi connectivity index (χ1) is 12.1. The number of benzene rings is 2. The molecule has 0 atom stereocenters. The minimum atomic E-state index is -0.497. The summed E-state index contributed by atoms with van der Waals surface area (Å²) in [6, 6.07) is 8.29. The minimum Gasteiger partial charge on any atom is -0.497 e. The number of ether oxygens (including phenoxy) is 5. The van der Waals surface area contributed by atoms with Crippen molar-refractivity contribution in [3.63, 3.8) is 0 Å². The average molecular weight is 365 g/mol. The largest absolute Gasteiger partial charge is 0.497 e. The Morgan fingerprint density at radius 1 is 1.04 bits per heavy atom. The molecule has 7 heteroatoms. The van der Waals surface area contributed by atoms with Crippen LogP contribution in [-0.4, -0.2) is 33.4 Å². The number of hydrogen-bond acceptors (Lipinski definition) is 6. The van der Waals surface area contributed by atoms with E-state index >= 15 is 0 Å². The third-order valence-corrected chi connectivity index (χ3v) is 3.89. The highest BCUT2D eigenvalue weighted by atomic mass is 35.5. The number of carbonyl (C=O) groups excluding carboxylic acids is 1. The zero-order chi connectivity index (χ0) is 17.8. The van der Waals surface area contributed by atoms with Crippen LogP contribution < -0.4 is 18.9 Å². The molecule has 0 bridgehead atoms. The number of esters is 1. The van der Waals surface area contributed by atoms with Crippen molar-refractivity contribution >= 4 is 17.6 Å². The fraction of sp³-hybridized carbons (Fsp3) is 0.278. The molecule has 0 amide bonds. The average Bonchev–Trinajstić information content (AvgIpc) is 2.65. The first kappa shape index (κ1) is 17.2. The van der Waals surface area contributed by atoms with E-state index < -0.39 is 5.97 Å². The number of fused-ring (bicyclic) bond motifs is 1. The van der Waals surface area contributed by atoms with Crippen LogP contribution in [0.4, 0.5) is 0 Å². The SMILES string of the molecule is COc1cc(OC)cc(C(=O)OCc2cc(Cl)c3c(c2)OCCO3)c1. The predicted octanol–water partition coefficient (Wildman–Crippen LogP) is 3.49. The normalized spacial score (nSPS) is 12.4. The summed E-state index contributed by atoms with van der Waals surface area (Å²) in [6.45, 7) is 0.962. The van der Waals surface area contributed by atoms with Crippen LogP contribution in [0, 0.1) is 0 Å². The van der Waals surface area contributed by atoms with Crippen LogP contribution in [0.5, 0.6) is 23.0 Å². The van der Waals surface area contributed by atoms with Gasteiger partial charge in [-0.3, -0.25) is 0 Å². The van der Waals surface area contributed by atoms with Crippen LogP contribution in [0.25, 0.3) is 0 Å². The Hall–Kier alpha value is -2.60. The van der Waals surface area contributed by atoms with Crippen LogP contribution in [0.2, 0.25) is 5.02 Å². The first-order valence-corrected chi connectivity index (χ1v) is 7.96. The van der Waals surface area contributed by atoms with E-state index in [4.69, 9.17) is 35.3 Å². The lowest BCUT2D eigenvalue weighted by atomic mass is 10.2. The Labute approximate surface area is 150 Å². The van der Waals surface area contributed by atoms with Gasteiger partial charge in [-0.1, -0.05) is 11.6 Å². The summed E-state index contributed by atoms with van der Waals surface area (Å²) in [5, 5.41) is 0.422. The second kappa shape index (κ2) is 7.53. The molecule has 1 aliphatic rings. The maximum Gasteiger partial charge on any atom is 0.338 e. The molecule has 25 heavy (non-hydrogen) atoms. The Morgan fingerprint density at radius 2 is 1.72 bits per heavy atom. The molecule has 0 unspecified atom stereocenters. The van der Waals surface area contributed by atoms with Crippen molar-refractivity contribution in [3.05, 3.63) is 46.5 Å². The van der Waals surface area contributed by atoms with E-state index in [1.807, 2.05) is 0 Å². The van der Waals surface area contributed by atoms with E-state index in [0.29, 0.717) is 52.4 Å². The van der Waals surface area contributed by atoms with E-state index in [2.05, 4.69) is 0 Å². The number of rotatable bonds is 5. The molecule has 1 aliphatic heterocycles. The van der Waals surface area contributed by atoms with Gasteiger partial charge in [-0.2, -0.15) is 0 Å². The zero-order valence-corrected chi connectivity index (χ0v) is 14.6. The van der Waals surface area contributed by atoms with E-state index in [1.165, 1.54) is 14.2 Å². The fourth-order valence-electron chi connectivity index (χ4n) is 2.41. The van der Waals surface area contributed by atoms with Gasteiger partial charge in [0.1, 0.15) is 31.3 Å². The van der Waals surface area contributed by atoms with Gasteiger partial charge >= 0.3 is 5.97 Å². The van der Waals surface area contributed by atoms with Gasteiger partial charge in [0, 0.05) is 6.07 Å². The third-order valence-electron chi connectivity index (χ3n) is 3.61. The first-order valence-electron chi connectivity index (χ1n) is 7.59. The predicted molar refractivity (Wildman–Crippen MR) is 91.1 cm³/mol. The molecule has 2 aromatic rings. The summed E-state index contributed by atoms with van der Waals surface area (Å²) >= 11 is 6.18. The highest BCUT2D eigenvalue weighted by Crippen LogP contribution is 2.38. The van der Waals surface area contributed by atoms with Gasteiger partial charge in [0.15, 0.2) is 11.5 Å². The summed E-state index contributed by atoms with van der Waals surface area (Å²) in [5.41, 5.74) is 1.04. The quantitative estimate of drug-likeness (QED) is 0.757. The Kier molecular flexibility index (Phi) is 5.19. The maximum absolute atomic E-state index is 12.3. The number of halogens is 1. The summed E-state index contributed by atoms with van der Waals surface area (Å²) < 4.78 is 26.6. The van der Waals surface area contributed by atoms with Crippen LogP contribution in [0.1, 0.15) is 15.9 Å². The van der Waals surface area contributed by atoms with Gasteiger partial charge in [0.2, 0.25) is 0 Å². The van der Waals surface area contributed by atoms with Gasteiger partial charge in [0.25, 0.3) is 0 Å². The molecule has 0 saturated heterocycles. The van der Waals surface area contributed by atoms with Crippen molar-refractivity contribution in [2.24, 2.45) is 0 Å². The topological polar surface area (TPSA) is 63.2 Å². The van der Waals surface area contributed by atoms with Crippen LogP contribution >= 0.6 is 11.6 Å². The second-order valence-electron chi connectivity index (χ2n) is 5.28. The summed E-state index contributed by atoms with van der Waals surface area (Å²) in [6.07, 6.45) is 0. The maximum atomic E-state index is 12.3. The molecule has 0 saturated carbocycles. The van der Waals surface area contributed by atoms with E-state index in [0.717, 1.165) is 0 Å². The van der Waals surface area contributed by atoms with Gasteiger partial charge in [-0.15, -0.1) is 0 Å². The lowest BCUT2D eigenvalue weighted by Gasteiger charge is -2.20. The van der Waals surface area contributed by atoms with Gasteiger partial charge in [-0.05, 0) is 29.8 Å². The highest BCUT2D eigenvalue weighted by Gasteiger charge is 2.18. The number of hydrogen-bond donors (Lipinski definition) is 0. The molecule has 1 heterocycles. The molecular weight excluding hydrogens is 348 g/mol. The monoisotopic (exact) mass is 364 g/mol. The van der Waals surface area contributed by atoms with Crippen molar-refractivity contribution < 1.29 is 28.5 Å². The van der Waals surface area contributed by atoms with Gasteiger partial charge in [-0.25, -0.2) is 4.79 Å². The van der Waals surface area contributed by atoms with Crippen molar-refractivity contribution in [2.45, 2.75) is 6.61 Å². The Morgan fingerprint density at radius 3 is 2.40 bits per heavy atom. The van der Waals surface area contributed by atoms with Crippen molar-refractivity contribution in [1.29, 1.82) is 0 Å². The standard InChI is InChI=1S/C18H17ClO6/c1-21-13-7-12(8-14(9-13)22-2)18(20)25-10-11-5-15(19)17-16(6-11)23-3-4-24-17/h5-9H,3-4,10H2,1-2H3. The molecule has 132 valence electrons. The Bertz CT molecular complexity index is 767. The third kappa shape index (κ3) is 3.91. The molecule has 2 aromatic carbocycles. The summed E-state index contributed by atoms with van der Waals surface area (Å²) in [7, 11) is 3.03. The summed E-state index contributed by atoms with van der Waals surface area (Å²) in [5.74, 6) is 1.58. The lowest BCUT2D eigenvalue weighted by Crippen LogP contribution is -2.16. The molecule has 3 rings (SSSR count).